The molecule has 4 atom stereocenters. The van der Waals surface area contributed by atoms with Crippen LogP contribution in [0.1, 0.15) is 26.7 Å². The molecule has 0 amide bonds. The first kappa shape index (κ1) is 11.3. The van der Waals surface area contributed by atoms with Crippen molar-refractivity contribution in [2.45, 2.75) is 44.9 Å². The first-order valence-electron chi connectivity index (χ1n) is 6.16. The second-order valence-electron chi connectivity index (χ2n) is 5.40. The highest BCUT2D eigenvalue weighted by Crippen LogP contribution is 2.29. The van der Waals surface area contributed by atoms with Crippen LogP contribution in [0.3, 0.4) is 0 Å². The third-order valence-electron chi connectivity index (χ3n) is 4.37. The highest BCUT2D eigenvalue weighted by molar-refractivity contribution is 4.90. The summed E-state index contributed by atoms with van der Waals surface area (Å²) in [6.45, 7) is 7.32. The van der Waals surface area contributed by atoms with E-state index in [2.05, 4.69) is 30.7 Å². The molecule has 0 bridgehead atoms. The quantitative estimate of drug-likeness (QED) is 0.691. The van der Waals surface area contributed by atoms with Crippen molar-refractivity contribution in [3.8, 4) is 0 Å². The summed E-state index contributed by atoms with van der Waals surface area (Å²) in [6, 6.07) is 1.34. The Bertz CT molecular complexity index is 222. The van der Waals surface area contributed by atoms with E-state index in [4.69, 9.17) is 0 Å². The van der Waals surface area contributed by atoms with E-state index in [1.165, 1.54) is 6.42 Å². The van der Waals surface area contributed by atoms with Crippen LogP contribution in [0.2, 0.25) is 0 Å². The van der Waals surface area contributed by atoms with Crippen molar-refractivity contribution in [3.05, 3.63) is 0 Å². The Morgan fingerprint density at radius 2 is 2.07 bits per heavy atom. The summed E-state index contributed by atoms with van der Waals surface area (Å²) in [5.41, 5.74) is 0. The average molecular weight is 214 g/mol. The summed E-state index contributed by atoms with van der Waals surface area (Å²) >= 11 is 0. The Labute approximate surface area is 92.4 Å². The lowest BCUT2D eigenvalue weighted by Gasteiger charge is -2.25. The predicted octanol–water partition coefficient (Wildman–Crippen LogP) is 1.76. The van der Waals surface area contributed by atoms with Gasteiger partial charge in [0, 0.05) is 31.7 Å². The molecule has 0 aliphatic carbocycles. The Kier molecular flexibility index (Phi) is 3.31. The number of nitrogens with zero attached hydrogens (tertiary/aromatic N) is 2. The first-order valence-corrected chi connectivity index (χ1v) is 6.16. The fraction of sp³-hybridized carbons (Fsp3) is 1.00. The molecule has 88 valence electrons. The van der Waals surface area contributed by atoms with E-state index >= 15 is 0 Å². The van der Waals surface area contributed by atoms with E-state index in [0.29, 0.717) is 18.6 Å². The van der Waals surface area contributed by atoms with Gasteiger partial charge in [0.2, 0.25) is 0 Å². The van der Waals surface area contributed by atoms with Crippen LogP contribution in [0, 0.1) is 5.92 Å². The van der Waals surface area contributed by atoms with Gasteiger partial charge < -0.3 is 9.80 Å². The molecule has 0 N–H and O–H groups in total. The van der Waals surface area contributed by atoms with E-state index < -0.39 is 6.17 Å². The molecule has 3 heteroatoms. The van der Waals surface area contributed by atoms with Gasteiger partial charge in [0.25, 0.3) is 0 Å². The SMILES string of the molecule is CC1CC(CN2CCC(F)C2)C(C)N1C. The molecule has 2 rings (SSSR count). The zero-order valence-corrected chi connectivity index (χ0v) is 10.1. The minimum absolute atomic E-state index is 0.572. The Balaban J connectivity index is 1.85. The molecule has 15 heavy (non-hydrogen) atoms. The highest BCUT2D eigenvalue weighted by Gasteiger charge is 2.35. The molecule has 0 aromatic heterocycles. The normalized spacial score (nSPS) is 44.0. The summed E-state index contributed by atoms with van der Waals surface area (Å²) in [6.07, 6.45) is 1.44. The molecule has 2 saturated heterocycles. The summed E-state index contributed by atoms with van der Waals surface area (Å²) in [5, 5.41) is 0. The van der Waals surface area contributed by atoms with Gasteiger partial charge in [-0.25, -0.2) is 4.39 Å². The van der Waals surface area contributed by atoms with Crippen LogP contribution in [0.4, 0.5) is 4.39 Å². The fourth-order valence-electron chi connectivity index (χ4n) is 3.05. The van der Waals surface area contributed by atoms with Gasteiger partial charge in [0.15, 0.2) is 0 Å². The van der Waals surface area contributed by atoms with E-state index in [0.717, 1.165) is 25.4 Å². The van der Waals surface area contributed by atoms with Crippen molar-refractivity contribution in [1.29, 1.82) is 0 Å². The lowest BCUT2D eigenvalue weighted by molar-refractivity contribution is 0.208. The first-order chi connectivity index (χ1) is 7.08. The number of alkyl halides is 1. The van der Waals surface area contributed by atoms with Crippen LogP contribution in [-0.2, 0) is 0 Å². The van der Waals surface area contributed by atoms with Crippen LogP contribution in [-0.4, -0.2) is 54.7 Å². The molecule has 2 nitrogen and oxygen atoms in total. The minimum atomic E-state index is -0.572. The maximum atomic E-state index is 13.0. The molecule has 0 saturated carbocycles. The smallest absolute Gasteiger partial charge is 0.114 e. The van der Waals surface area contributed by atoms with E-state index in [9.17, 15) is 4.39 Å². The molecule has 2 fully saturated rings. The van der Waals surface area contributed by atoms with Crippen molar-refractivity contribution in [2.75, 3.05) is 26.7 Å². The third kappa shape index (κ3) is 2.34. The molecule has 0 aromatic rings. The highest BCUT2D eigenvalue weighted by atomic mass is 19.1. The monoisotopic (exact) mass is 214 g/mol. The largest absolute Gasteiger partial charge is 0.301 e. The van der Waals surface area contributed by atoms with Crippen LogP contribution in [0.15, 0.2) is 0 Å². The molecule has 0 aromatic carbocycles. The summed E-state index contributed by atoms with van der Waals surface area (Å²) in [5.74, 6) is 0.732. The van der Waals surface area contributed by atoms with Gasteiger partial charge in [-0.1, -0.05) is 0 Å². The van der Waals surface area contributed by atoms with Crippen molar-refractivity contribution >= 4 is 0 Å². The number of hydrogen-bond donors (Lipinski definition) is 0. The van der Waals surface area contributed by atoms with Gasteiger partial charge in [-0.3, -0.25) is 0 Å². The molecule has 2 aliphatic rings. The standard InChI is InChI=1S/C12H23FN2/c1-9-6-11(10(2)14(9)3)7-15-5-4-12(13)8-15/h9-12H,4-8H2,1-3H3. The Hall–Kier alpha value is -0.150. The van der Waals surface area contributed by atoms with Crippen LogP contribution < -0.4 is 0 Å². The lowest BCUT2D eigenvalue weighted by Crippen LogP contribution is -2.35. The predicted molar refractivity (Wildman–Crippen MR) is 60.7 cm³/mol. The van der Waals surface area contributed by atoms with Gasteiger partial charge in [0.1, 0.15) is 6.17 Å². The van der Waals surface area contributed by atoms with Crippen molar-refractivity contribution in [2.24, 2.45) is 5.92 Å². The number of halogens is 1. The fourth-order valence-corrected chi connectivity index (χ4v) is 3.05. The van der Waals surface area contributed by atoms with Gasteiger partial charge >= 0.3 is 0 Å². The van der Waals surface area contributed by atoms with E-state index in [1.54, 1.807) is 0 Å². The second kappa shape index (κ2) is 4.38. The Morgan fingerprint density at radius 1 is 1.33 bits per heavy atom. The van der Waals surface area contributed by atoms with Gasteiger partial charge in [-0.15, -0.1) is 0 Å². The summed E-state index contributed by atoms with van der Waals surface area (Å²) in [4.78, 5) is 4.76. The molecule has 4 unspecified atom stereocenters. The van der Waals surface area contributed by atoms with Gasteiger partial charge in [-0.05, 0) is 39.7 Å². The maximum Gasteiger partial charge on any atom is 0.114 e. The van der Waals surface area contributed by atoms with Gasteiger partial charge in [0.05, 0.1) is 0 Å². The molecular formula is C12H23FN2. The third-order valence-corrected chi connectivity index (χ3v) is 4.37. The second-order valence-corrected chi connectivity index (χ2v) is 5.40. The zero-order chi connectivity index (χ0) is 11.0. The van der Waals surface area contributed by atoms with Gasteiger partial charge in [-0.2, -0.15) is 0 Å². The number of hydrogen-bond acceptors (Lipinski definition) is 2. The van der Waals surface area contributed by atoms with E-state index in [1.807, 2.05) is 0 Å². The Morgan fingerprint density at radius 3 is 2.53 bits per heavy atom. The van der Waals surface area contributed by atoms with Crippen LogP contribution >= 0.6 is 0 Å². The number of rotatable bonds is 2. The van der Waals surface area contributed by atoms with Crippen molar-refractivity contribution < 1.29 is 4.39 Å². The van der Waals surface area contributed by atoms with E-state index in [-0.39, 0.29) is 0 Å². The maximum absolute atomic E-state index is 13.0. The van der Waals surface area contributed by atoms with Crippen LogP contribution in [0.5, 0.6) is 0 Å². The lowest BCUT2D eigenvalue weighted by atomic mass is 10.00. The van der Waals surface area contributed by atoms with Crippen molar-refractivity contribution in [1.82, 2.24) is 9.80 Å². The topological polar surface area (TPSA) is 6.48 Å². The van der Waals surface area contributed by atoms with Crippen LogP contribution in [0.25, 0.3) is 0 Å². The summed E-state index contributed by atoms with van der Waals surface area (Å²) < 4.78 is 13.0. The molecule has 0 radical (unpaired) electrons. The average Bonchev–Trinajstić information content (AvgIpc) is 2.68. The number of likely N-dealkylation sites (tertiary alicyclic amines) is 2. The minimum Gasteiger partial charge on any atom is -0.301 e. The summed E-state index contributed by atoms with van der Waals surface area (Å²) in [7, 11) is 2.21. The molecule has 2 heterocycles. The zero-order valence-electron chi connectivity index (χ0n) is 10.1. The van der Waals surface area contributed by atoms with Crippen molar-refractivity contribution in [3.63, 3.8) is 0 Å². The molecular weight excluding hydrogens is 191 g/mol. The molecule has 2 aliphatic heterocycles. The molecule has 0 spiro atoms.